The Labute approximate surface area is 107 Å². The van der Waals surface area contributed by atoms with Crippen molar-refractivity contribution in [3.05, 3.63) is 0 Å². The lowest BCUT2D eigenvalue weighted by Gasteiger charge is -2.15. The Morgan fingerprint density at radius 2 is 1.50 bits per heavy atom. The molecule has 0 radical (unpaired) electrons. The van der Waals surface area contributed by atoms with E-state index in [0.29, 0.717) is 6.10 Å². The van der Waals surface area contributed by atoms with Crippen molar-refractivity contribution in [1.82, 2.24) is 0 Å². The van der Waals surface area contributed by atoms with E-state index in [9.17, 15) is 0 Å². The third kappa shape index (κ3) is 10.8. The summed E-state index contributed by atoms with van der Waals surface area (Å²) in [6.07, 6.45) is 12.1. The summed E-state index contributed by atoms with van der Waals surface area (Å²) in [6, 6.07) is 0. The summed E-state index contributed by atoms with van der Waals surface area (Å²) >= 11 is 5.64. The first kappa shape index (κ1) is 16.2. The van der Waals surface area contributed by atoms with Gasteiger partial charge in [-0.25, -0.2) is 0 Å². The van der Waals surface area contributed by atoms with Crippen LogP contribution in [0.1, 0.15) is 71.6 Å². The highest BCUT2D eigenvalue weighted by atomic mass is 35.5. The lowest BCUT2D eigenvalue weighted by Crippen LogP contribution is -2.12. The van der Waals surface area contributed by atoms with Gasteiger partial charge < -0.3 is 4.74 Å². The molecule has 2 heteroatoms. The van der Waals surface area contributed by atoms with Crippen LogP contribution in [0, 0.1) is 0 Å². The molecule has 0 fully saturated rings. The maximum absolute atomic E-state index is 5.71. The number of alkyl halides is 1. The summed E-state index contributed by atoms with van der Waals surface area (Å²) in [4.78, 5) is 0. The molecule has 0 N–H and O–H groups in total. The smallest absolute Gasteiger partial charge is 0.0574 e. The number of halogens is 1. The molecule has 0 heterocycles. The van der Waals surface area contributed by atoms with Crippen molar-refractivity contribution in [3.63, 3.8) is 0 Å². The predicted molar refractivity (Wildman–Crippen MR) is 73.4 cm³/mol. The number of unbranched alkanes of at least 4 members (excludes halogenated alkanes) is 5. The molecular weight excluding hydrogens is 220 g/mol. The highest BCUT2D eigenvalue weighted by Crippen LogP contribution is 2.13. The van der Waals surface area contributed by atoms with Crippen LogP contribution < -0.4 is 0 Å². The van der Waals surface area contributed by atoms with Gasteiger partial charge in [0.2, 0.25) is 0 Å². The second-order valence-electron chi connectivity index (χ2n) is 4.47. The van der Waals surface area contributed by atoms with E-state index in [-0.39, 0.29) is 0 Å². The Bertz CT molecular complexity index is 122. The van der Waals surface area contributed by atoms with Gasteiger partial charge in [0.1, 0.15) is 0 Å². The van der Waals surface area contributed by atoms with Crippen molar-refractivity contribution < 1.29 is 4.74 Å². The molecule has 98 valence electrons. The Kier molecular flexibility index (Phi) is 13.5. The van der Waals surface area contributed by atoms with E-state index in [1.165, 1.54) is 57.8 Å². The molecular formula is C14H29ClO. The lowest BCUT2D eigenvalue weighted by molar-refractivity contribution is 0.0484. The number of ether oxygens (including phenoxy) is 1. The van der Waals surface area contributed by atoms with Crippen LogP contribution in [0.2, 0.25) is 0 Å². The maximum Gasteiger partial charge on any atom is 0.0574 e. The highest BCUT2D eigenvalue weighted by Gasteiger charge is 2.06. The van der Waals surface area contributed by atoms with Crippen LogP contribution in [-0.2, 0) is 4.74 Å². The maximum atomic E-state index is 5.71. The summed E-state index contributed by atoms with van der Waals surface area (Å²) in [7, 11) is 0. The third-order valence-electron chi connectivity index (χ3n) is 2.92. The number of hydrogen-bond acceptors (Lipinski definition) is 1. The topological polar surface area (TPSA) is 9.23 Å². The molecule has 0 aliphatic heterocycles. The third-order valence-corrected chi connectivity index (χ3v) is 3.19. The van der Waals surface area contributed by atoms with Gasteiger partial charge in [-0.3, -0.25) is 0 Å². The number of hydrogen-bond donors (Lipinski definition) is 0. The van der Waals surface area contributed by atoms with Gasteiger partial charge in [-0.2, -0.15) is 0 Å². The Morgan fingerprint density at radius 1 is 0.875 bits per heavy atom. The van der Waals surface area contributed by atoms with Crippen molar-refractivity contribution in [2.75, 3.05) is 12.5 Å². The van der Waals surface area contributed by atoms with Gasteiger partial charge in [0.15, 0.2) is 0 Å². The minimum Gasteiger partial charge on any atom is -0.379 e. The van der Waals surface area contributed by atoms with Crippen molar-refractivity contribution in [1.29, 1.82) is 0 Å². The van der Waals surface area contributed by atoms with E-state index in [4.69, 9.17) is 16.3 Å². The van der Waals surface area contributed by atoms with Gasteiger partial charge in [-0.1, -0.05) is 45.4 Å². The SMILES string of the molecule is CCCC(CCCCCCCCCl)OCC. The van der Waals surface area contributed by atoms with E-state index in [1.807, 2.05) is 0 Å². The normalized spacial score (nSPS) is 12.9. The van der Waals surface area contributed by atoms with Gasteiger partial charge in [0, 0.05) is 12.5 Å². The molecule has 1 nitrogen and oxygen atoms in total. The fourth-order valence-electron chi connectivity index (χ4n) is 2.04. The Hall–Kier alpha value is 0.250. The first-order valence-corrected chi connectivity index (χ1v) is 7.56. The van der Waals surface area contributed by atoms with E-state index in [0.717, 1.165) is 12.5 Å². The molecule has 0 aromatic heterocycles. The zero-order valence-electron chi connectivity index (χ0n) is 11.1. The molecule has 0 rings (SSSR count). The molecule has 0 amide bonds. The molecule has 16 heavy (non-hydrogen) atoms. The zero-order valence-corrected chi connectivity index (χ0v) is 11.9. The minimum absolute atomic E-state index is 0.512. The van der Waals surface area contributed by atoms with Gasteiger partial charge in [0.25, 0.3) is 0 Å². The second kappa shape index (κ2) is 13.3. The van der Waals surface area contributed by atoms with Gasteiger partial charge in [-0.05, 0) is 26.2 Å². The van der Waals surface area contributed by atoms with Crippen LogP contribution in [0.25, 0.3) is 0 Å². The molecule has 0 aliphatic carbocycles. The van der Waals surface area contributed by atoms with Crippen LogP contribution >= 0.6 is 11.6 Å². The molecule has 0 spiro atoms. The van der Waals surface area contributed by atoms with Gasteiger partial charge in [0.05, 0.1) is 6.10 Å². The Morgan fingerprint density at radius 3 is 2.06 bits per heavy atom. The van der Waals surface area contributed by atoms with Crippen molar-refractivity contribution in [2.45, 2.75) is 77.7 Å². The molecule has 0 saturated heterocycles. The van der Waals surface area contributed by atoms with E-state index in [2.05, 4.69) is 13.8 Å². The molecule has 0 bridgehead atoms. The largest absolute Gasteiger partial charge is 0.379 e. The average Bonchev–Trinajstić information content (AvgIpc) is 2.28. The van der Waals surface area contributed by atoms with Crippen molar-refractivity contribution in [2.24, 2.45) is 0 Å². The fourth-order valence-corrected chi connectivity index (χ4v) is 2.23. The summed E-state index contributed by atoms with van der Waals surface area (Å²) in [5, 5.41) is 0. The van der Waals surface area contributed by atoms with Crippen LogP contribution in [0.5, 0.6) is 0 Å². The van der Waals surface area contributed by atoms with Crippen LogP contribution in [0.4, 0.5) is 0 Å². The molecule has 0 saturated carbocycles. The monoisotopic (exact) mass is 248 g/mol. The molecule has 0 aliphatic rings. The molecule has 1 unspecified atom stereocenters. The molecule has 0 aromatic carbocycles. The van der Waals surface area contributed by atoms with Crippen LogP contribution in [-0.4, -0.2) is 18.6 Å². The van der Waals surface area contributed by atoms with E-state index >= 15 is 0 Å². The molecule has 0 aromatic rings. The van der Waals surface area contributed by atoms with Crippen molar-refractivity contribution >= 4 is 11.6 Å². The van der Waals surface area contributed by atoms with Gasteiger partial charge >= 0.3 is 0 Å². The average molecular weight is 249 g/mol. The van der Waals surface area contributed by atoms with E-state index < -0.39 is 0 Å². The summed E-state index contributed by atoms with van der Waals surface area (Å²) < 4.78 is 5.71. The Balaban J connectivity index is 3.25. The lowest BCUT2D eigenvalue weighted by atomic mass is 10.0. The highest BCUT2D eigenvalue weighted by molar-refractivity contribution is 6.17. The summed E-state index contributed by atoms with van der Waals surface area (Å²) in [6.45, 7) is 5.19. The first-order valence-electron chi connectivity index (χ1n) is 7.02. The summed E-state index contributed by atoms with van der Waals surface area (Å²) in [5.74, 6) is 0.822. The summed E-state index contributed by atoms with van der Waals surface area (Å²) in [5.41, 5.74) is 0. The standard InChI is InChI=1S/C14H29ClO/c1-3-11-14(16-4-2)12-9-7-5-6-8-10-13-15/h14H,3-13H2,1-2H3. The number of rotatable bonds is 12. The van der Waals surface area contributed by atoms with E-state index in [1.54, 1.807) is 0 Å². The van der Waals surface area contributed by atoms with Gasteiger partial charge in [-0.15, -0.1) is 11.6 Å². The zero-order chi connectivity index (χ0) is 12.1. The first-order chi connectivity index (χ1) is 7.85. The predicted octanol–water partition coefficient (Wildman–Crippen LogP) is 5.16. The molecule has 1 atom stereocenters. The van der Waals surface area contributed by atoms with Crippen LogP contribution in [0.15, 0.2) is 0 Å². The second-order valence-corrected chi connectivity index (χ2v) is 4.84. The van der Waals surface area contributed by atoms with Crippen molar-refractivity contribution in [3.8, 4) is 0 Å². The fraction of sp³-hybridized carbons (Fsp3) is 1.00. The van der Waals surface area contributed by atoms with Crippen LogP contribution in [0.3, 0.4) is 0 Å². The minimum atomic E-state index is 0.512. The quantitative estimate of drug-likeness (QED) is 0.342.